The quantitative estimate of drug-likeness (QED) is 0.508. The summed E-state index contributed by atoms with van der Waals surface area (Å²) in [7, 11) is -1.49. The van der Waals surface area contributed by atoms with Crippen LogP contribution in [-0.2, 0) is 26.3 Å². The van der Waals surface area contributed by atoms with Crippen LogP contribution in [0.15, 0.2) is 42.5 Å². The topological polar surface area (TPSA) is 90.0 Å². The Morgan fingerprint density at radius 2 is 1.71 bits per heavy atom. The molecule has 0 spiro atoms. The molecular formula is C22H27Cl2FN4O4S. The Hall–Kier alpha value is -2.40. The van der Waals surface area contributed by atoms with Crippen LogP contribution in [0.3, 0.4) is 0 Å². The minimum absolute atomic E-state index is 0.0631. The molecule has 2 aromatic carbocycles. The lowest BCUT2D eigenvalue weighted by Gasteiger charge is -2.33. The van der Waals surface area contributed by atoms with Gasteiger partial charge in [0.25, 0.3) is 0 Å². The van der Waals surface area contributed by atoms with Gasteiger partial charge in [-0.15, -0.1) is 0 Å². The van der Waals surface area contributed by atoms with E-state index in [0.717, 1.165) is 20.7 Å². The summed E-state index contributed by atoms with van der Waals surface area (Å²) in [6.07, 6.45) is 0. The second-order valence-corrected chi connectivity index (χ2v) is 10.5. The maximum absolute atomic E-state index is 13.5. The van der Waals surface area contributed by atoms with Gasteiger partial charge in [0.1, 0.15) is 18.4 Å². The van der Waals surface area contributed by atoms with E-state index in [0.29, 0.717) is 22.2 Å². The highest BCUT2D eigenvalue weighted by atomic mass is 35.5. The lowest BCUT2D eigenvalue weighted by Crippen LogP contribution is -2.52. The van der Waals surface area contributed by atoms with Crippen molar-refractivity contribution in [2.45, 2.75) is 26.4 Å². The van der Waals surface area contributed by atoms with Crippen LogP contribution in [0.1, 0.15) is 19.4 Å². The van der Waals surface area contributed by atoms with Crippen molar-refractivity contribution >= 4 is 50.9 Å². The number of likely N-dealkylation sites (N-methyl/N-ethyl adjacent to an activating group) is 1. The van der Waals surface area contributed by atoms with Crippen LogP contribution in [0, 0.1) is 5.82 Å². The van der Waals surface area contributed by atoms with Crippen molar-refractivity contribution in [1.29, 1.82) is 0 Å². The first-order valence-corrected chi connectivity index (χ1v) is 12.5. The van der Waals surface area contributed by atoms with Crippen LogP contribution in [0.25, 0.3) is 0 Å². The van der Waals surface area contributed by atoms with Gasteiger partial charge in [-0.2, -0.15) is 12.7 Å². The minimum Gasteiger partial charge on any atom is -0.355 e. The second-order valence-electron chi connectivity index (χ2n) is 7.60. The first-order valence-electron chi connectivity index (χ1n) is 10.3. The van der Waals surface area contributed by atoms with Crippen molar-refractivity contribution in [1.82, 2.24) is 14.5 Å². The summed E-state index contributed by atoms with van der Waals surface area (Å²) in [4.78, 5) is 27.3. The Morgan fingerprint density at radius 3 is 2.24 bits per heavy atom. The standard InChI is InChI=1S/C22H27Cl2FN4O4S/c1-5-26-22(31)15(2)28(13-16-6-7-17(23)12-20(16)24)21(30)14-29(34(32,33)27(3)4)19-10-8-18(25)9-11-19/h6-12,15H,5,13-14H2,1-4H3,(H,26,31)/t15-/m0/s1. The molecule has 0 heterocycles. The summed E-state index contributed by atoms with van der Waals surface area (Å²) >= 11 is 12.2. The first kappa shape index (κ1) is 27.8. The Balaban J connectivity index is 2.47. The molecule has 8 nitrogen and oxygen atoms in total. The maximum Gasteiger partial charge on any atom is 0.304 e. The number of halogens is 3. The van der Waals surface area contributed by atoms with Gasteiger partial charge in [-0.3, -0.25) is 9.59 Å². The van der Waals surface area contributed by atoms with Gasteiger partial charge >= 0.3 is 10.2 Å². The van der Waals surface area contributed by atoms with Crippen molar-refractivity contribution in [2.24, 2.45) is 0 Å². The van der Waals surface area contributed by atoms with Gasteiger partial charge in [-0.25, -0.2) is 8.70 Å². The lowest BCUT2D eigenvalue weighted by atomic mass is 10.1. The smallest absolute Gasteiger partial charge is 0.304 e. The molecule has 12 heteroatoms. The number of carbonyl (C=O) groups is 2. The monoisotopic (exact) mass is 532 g/mol. The fourth-order valence-electron chi connectivity index (χ4n) is 3.06. The zero-order chi connectivity index (χ0) is 25.6. The molecule has 0 saturated heterocycles. The van der Waals surface area contributed by atoms with Crippen LogP contribution in [-0.4, -0.2) is 62.7 Å². The van der Waals surface area contributed by atoms with E-state index in [1.54, 1.807) is 19.1 Å². The first-order chi connectivity index (χ1) is 15.9. The highest BCUT2D eigenvalue weighted by Crippen LogP contribution is 2.25. The number of nitrogens with one attached hydrogen (secondary N) is 1. The zero-order valence-corrected chi connectivity index (χ0v) is 21.6. The number of hydrogen-bond donors (Lipinski definition) is 1. The predicted octanol–water partition coefficient (Wildman–Crippen LogP) is 3.30. The Bertz CT molecular complexity index is 1130. The van der Waals surface area contributed by atoms with E-state index in [1.165, 1.54) is 44.1 Å². The normalized spacial score (nSPS) is 12.4. The number of amides is 2. The minimum atomic E-state index is -4.12. The summed E-state index contributed by atoms with van der Waals surface area (Å²) < 4.78 is 41.3. The molecule has 1 atom stereocenters. The molecule has 0 radical (unpaired) electrons. The van der Waals surface area contributed by atoms with Crippen molar-refractivity contribution in [3.8, 4) is 0 Å². The van der Waals surface area contributed by atoms with E-state index in [1.807, 2.05) is 0 Å². The van der Waals surface area contributed by atoms with Crippen LogP contribution >= 0.6 is 23.2 Å². The number of rotatable bonds is 10. The number of hydrogen-bond acceptors (Lipinski definition) is 4. The molecule has 0 aliphatic carbocycles. The van der Waals surface area contributed by atoms with Crippen LogP contribution < -0.4 is 9.62 Å². The van der Waals surface area contributed by atoms with E-state index >= 15 is 0 Å². The third kappa shape index (κ3) is 6.82. The molecule has 186 valence electrons. The number of carbonyl (C=O) groups excluding carboxylic acids is 2. The Kier molecular flexibility index (Phi) is 9.69. The molecule has 0 bridgehead atoms. The summed E-state index contributed by atoms with van der Waals surface area (Å²) in [5, 5.41) is 3.36. The highest BCUT2D eigenvalue weighted by molar-refractivity contribution is 7.90. The molecule has 0 unspecified atom stereocenters. The number of anilines is 1. The molecule has 2 aromatic rings. The van der Waals surface area contributed by atoms with E-state index in [4.69, 9.17) is 23.2 Å². The van der Waals surface area contributed by atoms with E-state index in [9.17, 15) is 22.4 Å². The Labute approximate surface area is 209 Å². The average Bonchev–Trinajstić information content (AvgIpc) is 2.77. The van der Waals surface area contributed by atoms with Crippen molar-refractivity contribution in [3.05, 3.63) is 63.9 Å². The molecule has 2 rings (SSSR count). The SMILES string of the molecule is CCNC(=O)[C@H](C)N(Cc1ccc(Cl)cc1Cl)C(=O)CN(c1ccc(F)cc1)S(=O)(=O)N(C)C. The molecule has 0 aromatic heterocycles. The van der Waals surface area contributed by atoms with Gasteiger partial charge in [-0.05, 0) is 55.8 Å². The molecule has 0 saturated carbocycles. The van der Waals surface area contributed by atoms with E-state index in [-0.39, 0.29) is 12.2 Å². The van der Waals surface area contributed by atoms with E-state index < -0.39 is 40.4 Å². The van der Waals surface area contributed by atoms with E-state index in [2.05, 4.69) is 5.32 Å². The van der Waals surface area contributed by atoms with Gasteiger partial charge in [0.15, 0.2) is 0 Å². The summed E-state index contributed by atoms with van der Waals surface area (Å²) in [6, 6.07) is 8.53. The van der Waals surface area contributed by atoms with Gasteiger partial charge in [0.05, 0.1) is 5.69 Å². The lowest BCUT2D eigenvalue weighted by molar-refractivity contribution is -0.139. The van der Waals surface area contributed by atoms with Crippen LogP contribution in [0.2, 0.25) is 10.0 Å². The van der Waals surface area contributed by atoms with Gasteiger partial charge in [0.2, 0.25) is 11.8 Å². The van der Waals surface area contributed by atoms with Gasteiger partial charge in [-0.1, -0.05) is 29.3 Å². The second kappa shape index (κ2) is 11.8. The number of benzene rings is 2. The molecule has 0 aliphatic heterocycles. The van der Waals surface area contributed by atoms with Crippen molar-refractivity contribution in [2.75, 3.05) is 31.5 Å². The molecular weight excluding hydrogens is 506 g/mol. The molecule has 0 aliphatic rings. The predicted molar refractivity (Wildman–Crippen MR) is 132 cm³/mol. The molecule has 1 N–H and O–H groups in total. The molecule has 2 amide bonds. The third-order valence-electron chi connectivity index (χ3n) is 5.01. The third-order valence-corrected chi connectivity index (χ3v) is 7.41. The fourth-order valence-corrected chi connectivity index (χ4v) is 4.59. The fraction of sp³-hybridized carbons (Fsp3) is 0.364. The largest absolute Gasteiger partial charge is 0.355 e. The number of nitrogens with zero attached hydrogens (tertiary/aromatic N) is 3. The maximum atomic E-state index is 13.5. The van der Waals surface area contributed by atoms with Crippen LogP contribution in [0.5, 0.6) is 0 Å². The molecule has 0 fully saturated rings. The van der Waals surface area contributed by atoms with Gasteiger partial charge < -0.3 is 10.2 Å². The van der Waals surface area contributed by atoms with Crippen molar-refractivity contribution in [3.63, 3.8) is 0 Å². The zero-order valence-electron chi connectivity index (χ0n) is 19.3. The summed E-state index contributed by atoms with van der Waals surface area (Å²) in [5.74, 6) is -1.62. The average molecular weight is 533 g/mol. The van der Waals surface area contributed by atoms with Crippen LogP contribution in [0.4, 0.5) is 10.1 Å². The summed E-state index contributed by atoms with van der Waals surface area (Å²) in [5.41, 5.74) is 0.623. The van der Waals surface area contributed by atoms with Crippen molar-refractivity contribution < 1.29 is 22.4 Å². The summed E-state index contributed by atoms with van der Waals surface area (Å²) in [6.45, 7) is 2.94. The highest BCUT2D eigenvalue weighted by Gasteiger charge is 2.32. The Morgan fingerprint density at radius 1 is 1.09 bits per heavy atom. The van der Waals surface area contributed by atoms with Gasteiger partial charge in [0, 0.05) is 37.2 Å². The molecule has 34 heavy (non-hydrogen) atoms.